The second-order valence-electron chi connectivity index (χ2n) is 7.52. The molecule has 29 heavy (non-hydrogen) atoms. The Morgan fingerprint density at radius 1 is 1.24 bits per heavy atom. The van der Waals surface area contributed by atoms with Crippen LogP contribution in [0.15, 0.2) is 33.3 Å². The molecule has 1 aromatic carbocycles. The molecular formula is C21H23FN4O3. The minimum Gasteiger partial charge on any atom is -0.361 e. The summed E-state index contributed by atoms with van der Waals surface area (Å²) in [5.41, 5.74) is 1.95. The van der Waals surface area contributed by atoms with Crippen molar-refractivity contribution in [2.45, 2.75) is 39.5 Å². The van der Waals surface area contributed by atoms with Crippen LogP contribution in [0.4, 0.5) is 4.39 Å². The number of hydrogen-bond donors (Lipinski definition) is 0. The number of benzene rings is 1. The first-order valence-corrected chi connectivity index (χ1v) is 9.78. The minimum absolute atomic E-state index is 0.0710. The number of likely N-dealkylation sites (tertiary alicyclic amines) is 1. The van der Waals surface area contributed by atoms with Gasteiger partial charge in [0.15, 0.2) is 0 Å². The summed E-state index contributed by atoms with van der Waals surface area (Å²) < 4.78 is 24.4. The summed E-state index contributed by atoms with van der Waals surface area (Å²) in [6.45, 7) is 5.05. The van der Waals surface area contributed by atoms with Gasteiger partial charge in [0.25, 0.3) is 0 Å². The lowest BCUT2D eigenvalue weighted by atomic mass is 9.94. The average molecular weight is 398 g/mol. The third-order valence-electron chi connectivity index (χ3n) is 5.43. The quantitative estimate of drug-likeness (QED) is 0.654. The molecule has 0 unspecified atom stereocenters. The van der Waals surface area contributed by atoms with Gasteiger partial charge in [0, 0.05) is 25.1 Å². The summed E-state index contributed by atoms with van der Waals surface area (Å²) in [5, 5.41) is 7.83. The molecule has 1 fully saturated rings. The van der Waals surface area contributed by atoms with Crippen molar-refractivity contribution in [2.75, 3.05) is 13.1 Å². The number of aromatic nitrogens is 3. The Morgan fingerprint density at radius 3 is 2.83 bits per heavy atom. The van der Waals surface area contributed by atoms with Crippen LogP contribution in [0, 0.1) is 25.6 Å². The zero-order valence-electron chi connectivity index (χ0n) is 16.5. The Hall–Kier alpha value is -3.03. The number of aryl methyl sites for hydroxylation is 2. The van der Waals surface area contributed by atoms with E-state index < -0.39 is 0 Å². The van der Waals surface area contributed by atoms with Gasteiger partial charge in [-0.3, -0.25) is 4.79 Å². The first-order chi connectivity index (χ1) is 14.0. The molecule has 3 aromatic rings. The van der Waals surface area contributed by atoms with Crippen LogP contribution < -0.4 is 0 Å². The number of carbonyl (C=O) groups excluding carboxylic acids is 1. The molecule has 1 saturated heterocycles. The maximum atomic E-state index is 13.9. The van der Waals surface area contributed by atoms with Gasteiger partial charge in [-0.05, 0) is 44.7 Å². The predicted octanol–water partition coefficient (Wildman–Crippen LogP) is 3.50. The SMILES string of the molecule is Cc1noc(C)c1CC(=O)N1CCC[C@H](Cc2nc(-c3ccccc3F)no2)C1. The van der Waals surface area contributed by atoms with E-state index in [9.17, 15) is 9.18 Å². The lowest BCUT2D eigenvalue weighted by molar-refractivity contribution is -0.132. The van der Waals surface area contributed by atoms with E-state index in [1.165, 1.54) is 6.07 Å². The maximum absolute atomic E-state index is 13.9. The molecule has 2 aromatic heterocycles. The molecule has 0 saturated carbocycles. The Morgan fingerprint density at radius 2 is 2.07 bits per heavy atom. The smallest absolute Gasteiger partial charge is 0.227 e. The zero-order valence-corrected chi connectivity index (χ0v) is 16.5. The highest BCUT2D eigenvalue weighted by atomic mass is 19.1. The van der Waals surface area contributed by atoms with Gasteiger partial charge in [0.05, 0.1) is 17.7 Å². The molecule has 1 amide bonds. The van der Waals surface area contributed by atoms with Crippen molar-refractivity contribution in [2.24, 2.45) is 5.92 Å². The summed E-state index contributed by atoms with van der Waals surface area (Å²) in [5.74, 6) is 1.33. The third-order valence-corrected chi connectivity index (χ3v) is 5.43. The van der Waals surface area contributed by atoms with Crippen LogP contribution in [0.2, 0.25) is 0 Å². The lowest BCUT2D eigenvalue weighted by Crippen LogP contribution is -2.41. The Labute approximate surface area is 167 Å². The van der Waals surface area contributed by atoms with Crippen molar-refractivity contribution in [1.29, 1.82) is 0 Å². The van der Waals surface area contributed by atoms with Gasteiger partial charge in [0.1, 0.15) is 11.6 Å². The minimum atomic E-state index is -0.381. The molecule has 152 valence electrons. The number of halogens is 1. The van der Waals surface area contributed by atoms with Gasteiger partial charge >= 0.3 is 0 Å². The fourth-order valence-corrected chi connectivity index (χ4v) is 3.81. The summed E-state index contributed by atoms with van der Waals surface area (Å²) in [4.78, 5) is 19.0. The van der Waals surface area contributed by atoms with Crippen molar-refractivity contribution in [1.82, 2.24) is 20.2 Å². The average Bonchev–Trinajstić information content (AvgIpc) is 3.30. The molecule has 0 spiro atoms. The van der Waals surface area contributed by atoms with Crippen LogP contribution in [-0.2, 0) is 17.6 Å². The Bertz CT molecular complexity index is 994. The topological polar surface area (TPSA) is 85.3 Å². The predicted molar refractivity (Wildman–Crippen MR) is 102 cm³/mol. The van der Waals surface area contributed by atoms with Gasteiger partial charge < -0.3 is 13.9 Å². The van der Waals surface area contributed by atoms with E-state index in [2.05, 4.69) is 15.3 Å². The second kappa shape index (κ2) is 8.14. The molecule has 3 heterocycles. The van der Waals surface area contributed by atoms with Crippen LogP contribution in [0.1, 0.15) is 35.7 Å². The largest absolute Gasteiger partial charge is 0.361 e. The fourth-order valence-electron chi connectivity index (χ4n) is 3.81. The third kappa shape index (κ3) is 4.21. The number of nitrogens with zero attached hydrogens (tertiary/aromatic N) is 4. The molecule has 0 aliphatic carbocycles. The first kappa shape index (κ1) is 19.3. The van der Waals surface area contributed by atoms with Gasteiger partial charge in [-0.15, -0.1) is 0 Å². The number of piperidine rings is 1. The van der Waals surface area contributed by atoms with E-state index in [1.54, 1.807) is 18.2 Å². The number of amides is 1. The van der Waals surface area contributed by atoms with E-state index in [-0.39, 0.29) is 23.5 Å². The van der Waals surface area contributed by atoms with Crippen molar-refractivity contribution in [3.63, 3.8) is 0 Å². The van der Waals surface area contributed by atoms with E-state index in [0.29, 0.717) is 36.6 Å². The number of carbonyl (C=O) groups is 1. The number of hydrogen-bond acceptors (Lipinski definition) is 6. The van der Waals surface area contributed by atoms with Crippen LogP contribution in [-0.4, -0.2) is 39.2 Å². The molecule has 1 aliphatic rings. The zero-order chi connectivity index (χ0) is 20.4. The van der Waals surface area contributed by atoms with Gasteiger partial charge in [-0.2, -0.15) is 4.98 Å². The van der Waals surface area contributed by atoms with Crippen molar-refractivity contribution in [3.05, 3.63) is 53.0 Å². The highest BCUT2D eigenvalue weighted by molar-refractivity contribution is 5.79. The molecule has 0 radical (unpaired) electrons. The summed E-state index contributed by atoms with van der Waals surface area (Å²) in [7, 11) is 0. The monoisotopic (exact) mass is 398 g/mol. The fraction of sp³-hybridized carbons (Fsp3) is 0.429. The molecule has 0 bridgehead atoms. The normalized spacial score (nSPS) is 16.9. The van der Waals surface area contributed by atoms with E-state index in [4.69, 9.17) is 9.05 Å². The highest BCUT2D eigenvalue weighted by Gasteiger charge is 2.27. The van der Waals surface area contributed by atoms with Gasteiger partial charge in [0.2, 0.25) is 17.6 Å². The molecule has 8 heteroatoms. The summed E-state index contributed by atoms with van der Waals surface area (Å²) in [6.07, 6.45) is 2.77. The second-order valence-corrected chi connectivity index (χ2v) is 7.52. The Kier molecular flexibility index (Phi) is 5.42. The molecular weight excluding hydrogens is 375 g/mol. The Balaban J connectivity index is 1.39. The van der Waals surface area contributed by atoms with Crippen LogP contribution in [0.3, 0.4) is 0 Å². The molecule has 0 N–H and O–H groups in total. The number of rotatable bonds is 5. The van der Waals surface area contributed by atoms with E-state index in [1.807, 2.05) is 18.7 Å². The van der Waals surface area contributed by atoms with Crippen molar-refractivity contribution >= 4 is 5.91 Å². The molecule has 1 atom stereocenters. The first-order valence-electron chi connectivity index (χ1n) is 9.78. The molecule has 4 rings (SSSR count). The van der Waals surface area contributed by atoms with Crippen molar-refractivity contribution in [3.8, 4) is 11.4 Å². The van der Waals surface area contributed by atoms with Gasteiger partial charge in [-0.25, -0.2) is 4.39 Å². The van der Waals surface area contributed by atoms with Crippen molar-refractivity contribution < 1.29 is 18.2 Å². The van der Waals surface area contributed by atoms with E-state index in [0.717, 1.165) is 30.6 Å². The molecule has 7 nitrogen and oxygen atoms in total. The summed E-state index contributed by atoms with van der Waals surface area (Å²) in [6, 6.07) is 6.35. The molecule has 1 aliphatic heterocycles. The van der Waals surface area contributed by atoms with Crippen LogP contribution in [0.5, 0.6) is 0 Å². The van der Waals surface area contributed by atoms with Crippen LogP contribution in [0.25, 0.3) is 11.4 Å². The highest BCUT2D eigenvalue weighted by Crippen LogP contribution is 2.24. The standard InChI is InChI=1S/C21H23FN4O3/c1-13-17(14(2)28-24-13)11-20(27)26-9-5-6-15(12-26)10-19-23-21(25-29-19)16-7-3-4-8-18(16)22/h3-4,7-8,15H,5-6,9-12H2,1-2H3/t15-/m1/s1. The van der Waals surface area contributed by atoms with Gasteiger partial charge in [-0.1, -0.05) is 22.4 Å². The van der Waals surface area contributed by atoms with E-state index >= 15 is 0 Å². The lowest BCUT2D eigenvalue weighted by Gasteiger charge is -2.32. The summed E-state index contributed by atoms with van der Waals surface area (Å²) >= 11 is 0. The van der Waals surface area contributed by atoms with Crippen LogP contribution >= 0.6 is 0 Å². The maximum Gasteiger partial charge on any atom is 0.227 e.